The van der Waals surface area contributed by atoms with Gasteiger partial charge in [0.1, 0.15) is 5.82 Å². The maximum absolute atomic E-state index is 5.79. The Kier molecular flexibility index (Phi) is 4.00. The van der Waals surface area contributed by atoms with Crippen LogP contribution in [0.25, 0.3) is 0 Å². The van der Waals surface area contributed by atoms with Gasteiger partial charge in [0, 0.05) is 25.3 Å². The molecule has 1 aliphatic rings. The monoisotopic (exact) mass is 233 g/mol. The molecular weight excluding hydrogens is 210 g/mol. The van der Waals surface area contributed by atoms with Crippen molar-refractivity contribution in [2.45, 2.75) is 39.2 Å². The highest BCUT2D eigenvalue weighted by Gasteiger charge is 2.17. The lowest BCUT2D eigenvalue weighted by atomic mass is 10.0. The Balaban J connectivity index is 2.01. The Bertz CT molecular complexity index is 345. The van der Waals surface area contributed by atoms with Crippen LogP contribution in [0, 0.1) is 5.92 Å². The van der Waals surface area contributed by atoms with Crippen LogP contribution in [-0.2, 0) is 6.42 Å². The zero-order valence-corrected chi connectivity index (χ0v) is 10.9. The summed E-state index contributed by atoms with van der Waals surface area (Å²) in [6.07, 6.45) is 5.51. The van der Waals surface area contributed by atoms with E-state index in [0.717, 1.165) is 31.2 Å². The molecule has 1 fully saturated rings. The number of piperidine rings is 1. The van der Waals surface area contributed by atoms with Crippen molar-refractivity contribution in [3.05, 3.63) is 23.9 Å². The lowest BCUT2D eigenvalue weighted by molar-refractivity contribution is 0.444. The SMILES string of the molecule is CC(N)Cc1ccc(N2CCCC(C)C2)nc1. The number of hydrogen-bond acceptors (Lipinski definition) is 3. The number of aromatic nitrogens is 1. The molecule has 2 atom stereocenters. The van der Waals surface area contributed by atoms with Crippen LogP contribution >= 0.6 is 0 Å². The first-order valence-corrected chi connectivity index (χ1v) is 6.60. The Hall–Kier alpha value is -1.09. The zero-order chi connectivity index (χ0) is 12.3. The first-order valence-electron chi connectivity index (χ1n) is 6.60. The van der Waals surface area contributed by atoms with E-state index in [1.165, 1.54) is 18.4 Å². The first kappa shape index (κ1) is 12.4. The van der Waals surface area contributed by atoms with Gasteiger partial charge >= 0.3 is 0 Å². The molecule has 0 bridgehead atoms. The van der Waals surface area contributed by atoms with E-state index in [-0.39, 0.29) is 6.04 Å². The highest BCUT2D eigenvalue weighted by Crippen LogP contribution is 2.21. The highest BCUT2D eigenvalue weighted by atomic mass is 15.2. The summed E-state index contributed by atoms with van der Waals surface area (Å²) in [4.78, 5) is 6.95. The number of rotatable bonds is 3. The average molecular weight is 233 g/mol. The first-order chi connectivity index (χ1) is 8.15. The van der Waals surface area contributed by atoms with E-state index in [1.54, 1.807) is 0 Å². The zero-order valence-electron chi connectivity index (χ0n) is 10.9. The molecule has 1 saturated heterocycles. The molecule has 3 heteroatoms. The fraction of sp³-hybridized carbons (Fsp3) is 0.643. The van der Waals surface area contributed by atoms with Gasteiger partial charge < -0.3 is 10.6 Å². The molecule has 1 aromatic heterocycles. The molecular formula is C14H23N3. The van der Waals surface area contributed by atoms with Crippen LogP contribution in [0.15, 0.2) is 18.3 Å². The van der Waals surface area contributed by atoms with Crippen molar-refractivity contribution in [2.75, 3.05) is 18.0 Å². The molecule has 0 aliphatic carbocycles. The Morgan fingerprint density at radius 1 is 1.53 bits per heavy atom. The van der Waals surface area contributed by atoms with Crippen LogP contribution < -0.4 is 10.6 Å². The Morgan fingerprint density at radius 3 is 2.94 bits per heavy atom. The van der Waals surface area contributed by atoms with E-state index in [9.17, 15) is 0 Å². The Morgan fingerprint density at radius 2 is 2.35 bits per heavy atom. The van der Waals surface area contributed by atoms with Gasteiger partial charge in [0.25, 0.3) is 0 Å². The van der Waals surface area contributed by atoms with Gasteiger partial charge in [-0.3, -0.25) is 0 Å². The van der Waals surface area contributed by atoms with E-state index >= 15 is 0 Å². The fourth-order valence-corrected chi connectivity index (χ4v) is 2.49. The predicted molar refractivity (Wildman–Crippen MR) is 72.2 cm³/mol. The molecule has 0 spiro atoms. The number of pyridine rings is 1. The third-order valence-electron chi connectivity index (χ3n) is 3.35. The minimum absolute atomic E-state index is 0.206. The van der Waals surface area contributed by atoms with Gasteiger partial charge in [-0.05, 0) is 43.7 Å². The van der Waals surface area contributed by atoms with E-state index < -0.39 is 0 Å². The van der Waals surface area contributed by atoms with Gasteiger partial charge in [0.2, 0.25) is 0 Å². The molecule has 0 aromatic carbocycles. The summed E-state index contributed by atoms with van der Waals surface area (Å²) in [5, 5.41) is 0. The van der Waals surface area contributed by atoms with Crippen LogP contribution in [0.1, 0.15) is 32.3 Å². The van der Waals surface area contributed by atoms with Gasteiger partial charge in [0.05, 0.1) is 0 Å². The van der Waals surface area contributed by atoms with E-state index in [2.05, 4.69) is 28.9 Å². The quantitative estimate of drug-likeness (QED) is 0.870. The summed E-state index contributed by atoms with van der Waals surface area (Å²) in [6, 6.07) is 4.50. The van der Waals surface area contributed by atoms with Crippen molar-refractivity contribution < 1.29 is 0 Å². The number of anilines is 1. The molecule has 1 aromatic rings. The topological polar surface area (TPSA) is 42.1 Å². The molecule has 3 nitrogen and oxygen atoms in total. The van der Waals surface area contributed by atoms with Crippen molar-refractivity contribution in [1.29, 1.82) is 0 Å². The maximum atomic E-state index is 5.79. The van der Waals surface area contributed by atoms with Crippen LogP contribution in [0.4, 0.5) is 5.82 Å². The lowest BCUT2D eigenvalue weighted by Gasteiger charge is -2.31. The molecule has 2 unspecified atom stereocenters. The molecule has 2 heterocycles. The minimum Gasteiger partial charge on any atom is -0.356 e. The van der Waals surface area contributed by atoms with E-state index in [0.29, 0.717) is 0 Å². The summed E-state index contributed by atoms with van der Waals surface area (Å²) in [5.74, 6) is 1.90. The standard InChI is InChI=1S/C14H23N3/c1-11-4-3-7-17(10-11)14-6-5-13(9-16-14)8-12(2)15/h5-6,9,11-12H,3-4,7-8,10,15H2,1-2H3. The smallest absolute Gasteiger partial charge is 0.128 e. The highest BCUT2D eigenvalue weighted by molar-refractivity contribution is 5.39. The second kappa shape index (κ2) is 5.50. The lowest BCUT2D eigenvalue weighted by Crippen LogP contribution is -2.34. The minimum atomic E-state index is 0.206. The van der Waals surface area contributed by atoms with Crippen molar-refractivity contribution >= 4 is 5.82 Å². The molecule has 2 rings (SSSR count). The molecule has 1 aliphatic heterocycles. The summed E-state index contributed by atoms with van der Waals surface area (Å²) in [5.41, 5.74) is 7.02. The van der Waals surface area contributed by atoms with Crippen molar-refractivity contribution in [3.8, 4) is 0 Å². The fourth-order valence-electron chi connectivity index (χ4n) is 2.49. The van der Waals surface area contributed by atoms with Gasteiger partial charge in [-0.25, -0.2) is 4.98 Å². The summed E-state index contributed by atoms with van der Waals surface area (Å²) < 4.78 is 0. The van der Waals surface area contributed by atoms with E-state index in [1.807, 2.05) is 13.1 Å². The molecule has 0 radical (unpaired) electrons. The van der Waals surface area contributed by atoms with Crippen LogP contribution in [0.2, 0.25) is 0 Å². The van der Waals surface area contributed by atoms with Crippen molar-refractivity contribution in [1.82, 2.24) is 4.98 Å². The second-order valence-electron chi connectivity index (χ2n) is 5.40. The third-order valence-corrected chi connectivity index (χ3v) is 3.35. The largest absolute Gasteiger partial charge is 0.356 e. The number of nitrogens with zero attached hydrogens (tertiary/aromatic N) is 2. The van der Waals surface area contributed by atoms with Crippen LogP contribution in [0.3, 0.4) is 0 Å². The summed E-state index contributed by atoms with van der Waals surface area (Å²) in [6.45, 7) is 6.63. The number of nitrogens with two attached hydrogens (primary N) is 1. The van der Waals surface area contributed by atoms with Gasteiger partial charge in [-0.1, -0.05) is 13.0 Å². The average Bonchev–Trinajstić information content (AvgIpc) is 2.29. The van der Waals surface area contributed by atoms with Crippen LogP contribution in [0.5, 0.6) is 0 Å². The molecule has 17 heavy (non-hydrogen) atoms. The van der Waals surface area contributed by atoms with E-state index in [4.69, 9.17) is 5.73 Å². The van der Waals surface area contributed by atoms with Crippen LogP contribution in [-0.4, -0.2) is 24.1 Å². The van der Waals surface area contributed by atoms with Crippen molar-refractivity contribution in [3.63, 3.8) is 0 Å². The molecule has 94 valence electrons. The molecule has 2 N–H and O–H groups in total. The normalized spacial score (nSPS) is 22.5. The molecule has 0 amide bonds. The van der Waals surface area contributed by atoms with Gasteiger partial charge in [0.15, 0.2) is 0 Å². The van der Waals surface area contributed by atoms with Crippen molar-refractivity contribution in [2.24, 2.45) is 11.7 Å². The number of hydrogen-bond donors (Lipinski definition) is 1. The second-order valence-corrected chi connectivity index (χ2v) is 5.40. The van der Waals surface area contributed by atoms with Gasteiger partial charge in [-0.15, -0.1) is 0 Å². The predicted octanol–water partition coefficient (Wildman–Crippen LogP) is 2.21. The van der Waals surface area contributed by atoms with Gasteiger partial charge in [-0.2, -0.15) is 0 Å². The summed E-state index contributed by atoms with van der Waals surface area (Å²) in [7, 11) is 0. The Labute approximate surface area is 104 Å². The summed E-state index contributed by atoms with van der Waals surface area (Å²) >= 11 is 0. The maximum Gasteiger partial charge on any atom is 0.128 e. The third kappa shape index (κ3) is 3.43. The molecule has 0 saturated carbocycles.